The van der Waals surface area contributed by atoms with Crippen LogP contribution < -0.4 is 5.32 Å². The van der Waals surface area contributed by atoms with E-state index in [0.717, 1.165) is 50.0 Å². The molecule has 0 radical (unpaired) electrons. The van der Waals surface area contributed by atoms with Crippen LogP contribution in [0.4, 0.5) is 0 Å². The molecule has 2 aliphatic rings. The van der Waals surface area contributed by atoms with Gasteiger partial charge in [0.2, 0.25) is 5.82 Å². The monoisotopic (exact) mass is 402 g/mol. The number of amides is 1. The van der Waals surface area contributed by atoms with E-state index in [1.54, 1.807) is 0 Å². The van der Waals surface area contributed by atoms with Crippen molar-refractivity contribution in [2.75, 3.05) is 40.3 Å². The molecular weight excluding hydrogens is 376 g/mol. The summed E-state index contributed by atoms with van der Waals surface area (Å²) < 4.78 is 2.02. The number of hydrogen-bond donors (Lipinski definition) is 1. The Labute approximate surface area is 170 Å². The number of likely N-dealkylation sites (tertiary alicyclic amines) is 1. The third-order valence-corrected chi connectivity index (χ3v) is 6.11. The highest BCUT2D eigenvalue weighted by Gasteiger charge is 2.39. The number of rotatable bonds is 6. The number of benzene rings is 1. The van der Waals surface area contributed by atoms with Crippen LogP contribution in [0, 0.1) is 11.8 Å². The van der Waals surface area contributed by atoms with Crippen molar-refractivity contribution < 1.29 is 4.79 Å². The van der Waals surface area contributed by atoms with Crippen LogP contribution in [0.3, 0.4) is 0 Å². The Kier molecular flexibility index (Phi) is 5.66. The second-order valence-electron chi connectivity index (χ2n) is 8.12. The second-order valence-corrected chi connectivity index (χ2v) is 8.53. The van der Waals surface area contributed by atoms with E-state index in [0.29, 0.717) is 24.2 Å². The van der Waals surface area contributed by atoms with Gasteiger partial charge in [-0.3, -0.25) is 9.69 Å². The van der Waals surface area contributed by atoms with Crippen LogP contribution in [0.1, 0.15) is 22.0 Å². The Morgan fingerprint density at radius 1 is 1.21 bits per heavy atom. The zero-order chi connectivity index (χ0) is 19.7. The van der Waals surface area contributed by atoms with Crippen molar-refractivity contribution in [1.29, 1.82) is 0 Å². The molecule has 4 rings (SSSR count). The van der Waals surface area contributed by atoms with Crippen LogP contribution in [-0.4, -0.2) is 70.7 Å². The smallest absolute Gasteiger partial charge is 0.289 e. The summed E-state index contributed by atoms with van der Waals surface area (Å²) in [4.78, 5) is 17.0. The standard InChI is InChI=1S/C20H27ClN6O/c1-25(2)8-7-22-20(28)19-24-23-18-9-15-11-26(12-16(15)13-27(18)19)10-14-5-3-4-6-17(14)21/h3-6,15-16H,7-13H2,1-2H3,(H,22,28). The molecule has 2 aromatic rings. The second kappa shape index (κ2) is 8.19. The molecule has 0 aliphatic carbocycles. The van der Waals surface area contributed by atoms with Gasteiger partial charge in [-0.2, -0.15) is 0 Å². The molecule has 8 heteroatoms. The van der Waals surface area contributed by atoms with Crippen molar-refractivity contribution in [2.24, 2.45) is 11.8 Å². The van der Waals surface area contributed by atoms with Crippen LogP contribution >= 0.6 is 11.6 Å². The van der Waals surface area contributed by atoms with E-state index in [-0.39, 0.29) is 5.91 Å². The van der Waals surface area contributed by atoms with Gasteiger partial charge in [0.05, 0.1) is 0 Å². The molecule has 28 heavy (non-hydrogen) atoms. The summed E-state index contributed by atoms with van der Waals surface area (Å²) in [6.45, 7) is 5.12. The van der Waals surface area contributed by atoms with E-state index in [1.807, 2.05) is 41.8 Å². The van der Waals surface area contributed by atoms with Crippen LogP contribution in [-0.2, 0) is 19.5 Å². The summed E-state index contributed by atoms with van der Waals surface area (Å²) in [6.07, 6.45) is 0.877. The molecule has 0 spiro atoms. The normalized spacial score (nSPS) is 21.6. The summed E-state index contributed by atoms with van der Waals surface area (Å²) >= 11 is 6.33. The highest BCUT2D eigenvalue weighted by atomic mass is 35.5. The first kappa shape index (κ1) is 19.4. The highest BCUT2D eigenvalue weighted by Crippen LogP contribution is 2.33. The Hall–Kier alpha value is -1.96. The zero-order valence-corrected chi connectivity index (χ0v) is 17.2. The number of carbonyl (C=O) groups excluding carboxylic acids is 1. The van der Waals surface area contributed by atoms with Gasteiger partial charge in [0.15, 0.2) is 0 Å². The minimum Gasteiger partial charge on any atom is -0.348 e. The van der Waals surface area contributed by atoms with Crippen LogP contribution in [0.2, 0.25) is 5.02 Å². The Morgan fingerprint density at radius 3 is 2.79 bits per heavy atom. The fourth-order valence-corrected chi connectivity index (χ4v) is 4.45. The molecule has 0 bridgehead atoms. The first-order valence-corrected chi connectivity index (χ1v) is 10.2. The summed E-state index contributed by atoms with van der Waals surface area (Å²) in [6, 6.07) is 8.04. The maximum atomic E-state index is 12.5. The highest BCUT2D eigenvalue weighted by molar-refractivity contribution is 6.31. The predicted octanol–water partition coefficient (Wildman–Crippen LogP) is 1.53. The van der Waals surface area contributed by atoms with E-state index < -0.39 is 0 Å². The first-order chi connectivity index (χ1) is 13.5. The Bertz CT molecular complexity index is 851. The van der Waals surface area contributed by atoms with Gasteiger partial charge in [-0.25, -0.2) is 0 Å². The number of hydrogen-bond acceptors (Lipinski definition) is 5. The number of nitrogens with zero attached hydrogens (tertiary/aromatic N) is 5. The number of likely N-dealkylation sites (N-methyl/N-ethyl adjacent to an activating group) is 1. The molecule has 1 N–H and O–H groups in total. The Morgan fingerprint density at radius 2 is 2.00 bits per heavy atom. The number of halogens is 1. The Balaban J connectivity index is 1.40. The molecule has 2 aliphatic heterocycles. The number of nitrogens with one attached hydrogen (secondary N) is 1. The minimum absolute atomic E-state index is 0.134. The van der Waals surface area contributed by atoms with Crippen LogP contribution in [0.25, 0.3) is 0 Å². The summed E-state index contributed by atoms with van der Waals surface area (Å²) in [5.41, 5.74) is 1.17. The molecule has 1 aromatic heterocycles. The van der Waals surface area contributed by atoms with E-state index in [9.17, 15) is 4.79 Å². The lowest BCUT2D eigenvalue weighted by atomic mass is 9.89. The van der Waals surface area contributed by atoms with Crippen molar-refractivity contribution >= 4 is 17.5 Å². The van der Waals surface area contributed by atoms with Gasteiger partial charge in [-0.05, 0) is 37.6 Å². The lowest BCUT2D eigenvalue weighted by Gasteiger charge is -2.25. The fourth-order valence-electron chi connectivity index (χ4n) is 4.26. The quantitative estimate of drug-likeness (QED) is 0.793. The number of aromatic nitrogens is 3. The van der Waals surface area contributed by atoms with Gasteiger partial charge in [0.25, 0.3) is 5.91 Å². The SMILES string of the molecule is CN(C)CCNC(=O)c1nnc2n1CC1CN(Cc3ccccc3Cl)CC1C2. The molecule has 1 aromatic carbocycles. The topological polar surface area (TPSA) is 66.3 Å². The van der Waals surface area contributed by atoms with Gasteiger partial charge in [0.1, 0.15) is 5.82 Å². The van der Waals surface area contributed by atoms with Crippen molar-refractivity contribution in [3.05, 3.63) is 46.5 Å². The van der Waals surface area contributed by atoms with Crippen molar-refractivity contribution in [2.45, 2.75) is 19.5 Å². The summed E-state index contributed by atoms with van der Waals surface area (Å²) in [7, 11) is 3.97. The van der Waals surface area contributed by atoms with Crippen molar-refractivity contribution in [1.82, 2.24) is 29.9 Å². The molecule has 2 atom stereocenters. The maximum Gasteiger partial charge on any atom is 0.289 e. The van der Waals surface area contributed by atoms with Crippen LogP contribution in [0.5, 0.6) is 0 Å². The molecule has 1 saturated heterocycles. The number of carbonyl (C=O) groups is 1. The molecule has 7 nitrogen and oxygen atoms in total. The summed E-state index contributed by atoms with van der Waals surface area (Å²) in [5.74, 6) is 2.31. The largest absolute Gasteiger partial charge is 0.348 e. The van der Waals surface area contributed by atoms with E-state index in [2.05, 4.69) is 26.5 Å². The summed E-state index contributed by atoms with van der Waals surface area (Å²) in [5, 5.41) is 12.3. The van der Waals surface area contributed by atoms with E-state index >= 15 is 0 Å². The first-order valence-electron chi connectivity index (χ1n) is 9.82. The van der Waals surface area contributed by atoms with Gasteiger partial charge in [-0.1, -0.05) is 29.8 Å². The molecule has 2 unspecified atom stereocenters. The third-order valence-electron chi connectivity index (χ3n) is 5.74. The number of fused-ring (bicyclic) bond motifs is 2. The molecule has 1 fully saturated rings. The molecular formula is C20H27ClN6O. The van der Waals surface area contributed by atoms with E-state index in [1.165, 1.54) is 5.56 Å². The third kappa shape index (κ3) is 4.06. The van der Waals surface area contributed by atoms with Crippen molar-refractivity contribution in [3.8, 4) is 0 Å². The van der Waals surface area contributed by atoms with Gasteiger partial charge < -0.3 is 14.8 Å². The van der Waals surface area contributed by atoms with Crippen LogP contribution in [0.15, 0.2) is 24.3 Å². The molecule has 150 valence electrons. The van der Waals surface area contributed by atoms with Gasteiger partial charge >= 0.3 is 0 Å². The minimum atomic E-state index is -0.134. The predicted molar refractivity (Wildman–Crippen MR) is 108 cm³/mol. The molecule has 0 saturated carbocycles. The fraction of sp³-hybridized carbons (Fsp3) is 0.550. The maximum absolute atomic E-state index is 12.5. The van der Waals surface area contributed by atoms with Crippen molar-refractivity contribution in [3.63, 3.8) is 0 Å². The van der Waals surface area contributed by atoms with Gasteiger partial charge in [0, 0.05) is 50.7 Å². The average molecular weight is 403 g/mol. The lowest BCUT2D eigenvalue weighted by molar-refractivity contribution is 0.0932. The molecule has 1 amide bonds. The van der Waals surface area contributed by atoms with E-state index in [4.69, 9.17) is 11.6 Å². The lowest BCUT2D eigenvalue weighted by Crippen LogP contribution is -2.35. The average Bonchev–Trinajstić information content (AvgIpc) is 3.23. The molecule has 3 heterocycles. The van der Waals surface area contributed by atoms with Gasteiger partial charge in [-0.15, -0.1) is 10.2 Å². The zero-order valence-electron chi connectivity index (χ0n) is 16.4.